The zero-order chi connectivity index (χ0) is 20.6. The molecule has 0 aromatic carbocycles. The van der Waals surface area contributed by atoms with Gasteiger partial charge >= 0.3 is 0 Å². The van der Waals surface area contributed by atoms with Crippen molar-refractivity contribution >= 4 is 17.4 Å². The van der Waals surface area contributed by atoms with Crippen LogP contribution in [0.5, 0.6) is 0 Å². The molecule has 9 nitrogen and oxygen atoms in total. The van der Waals surface area contributed by atoms with Gasteiger partial charge in [0.1, 0.15) is 11.9 Å². The Balaban J connectivity index is 1.62. The first-order chi connectivity index (χ1) is 13.8. The van der Waals surface area contributed by atoms with Gasteiger partial charge in [-0.15, -0.1) is 10.2 Å². The summed E-state index contributed by atoms with van der Waals surface area (Å²) in [6.07, 6.45) is 5.20. The lowest BCUT2D eigenvalue weighted by Gasteiger charge is -2.24. The molecule has 0 aliphatic carbocycles. The Bertz CT molecular complexity index is 1140. The van der Waals surface area contributed by atoms with Gasteiger partial charge < -0.3 is 10.1 Å². The van der Waals surface area contributed by atoms with E-state index in [-0.39, 0.29) is 11.7 Å². The summed E-state index contributed by atoms with van der Waals surface area (Å²) in [5.41, 5.74) is 2.19. The minimum atomic E-state index is -0.260. The number of nitrogens with zero attached hydrogens (tertiary/aromatic N) is 7. The van der Waals surface area contributed by atoms with Crippen molar-refractivity contribution in [3.05, 3.63) is 48.7 Å². The first-order valence-electron chi connectivity index (χ1n) is 9.41. The smallest absolute Gasteiger partial charge is 0.228 e. The second-order valence-corrected chi connectivity index (χ2v) is 7.80. The summed E-state index contributed by atoms with van der Waals surface area (Å²) >= 11 is 0. The van der Waals surface area contributed by atoms with Gasteiger partial charge in [-0.3, -0.25) is 9.08 Å². The number of aromatic nitrogens is 7. The van der Waals surface area contributed by atoms with E-state index in [1.54, 1.807) is 17.1 Å². The Hall–Kier alpha value is -3.33. The van der Waals surface area contributed by atoms with E-state index in [0.29, 0.717) is 5.95 Å². The molecule has 150 valence electrons. The molecular formula is C20H24N8O. The number of hydrogen-bond acceptors (Lipinski definition) is 7. The quantitative estimate of drug-likeness (QED) is 0.555. The van der Waals surface area contributed by atoms with Gasteiger partial charge in [0.05, 0.1) is 17.5 Å². The molecule has 29 heavy (non-hydrogen) atoms. The maximum atomic E-state index is 6.02. The molecule has 0 fully saturated rings. The van der Waals surface area contributed by atoms with Crippen LogP contribution in [0.3, 0.4) is 0 Å². The van der Waals surface area contributed by atoms with E-state index < -0.39 is 0 Å². The summed E-state index contributed by atoms with van der Waals surface area (Å²) in [6.45, 7) is 8.06. The molecule has 0 amide bonds. The van der Waals surface area contributed by atoms with E-state index in [0.717, 1.165) is 28.5 Å². The monoisotopic (exact) mass is 392 g/mol. The van der Waals surface area contributed by atoms with Crippen LogP contribution in [-0.4, -0.2) is 39.9 Å². The first kappa shape index (κ1) is 19.0. The average molecular weight is 392 g/mol. The number of hydrogen-bond donors (Lipinski definition) is 1. The number of fused-ring (bicyclic) bond motifs is 1. The van der Waals surface area contributed by atoms with Crippen molar-refractivity contribution in [3.63, 3.8) is 0 Å². The third-order valence-electron chi connectivity index (χ3n) is 4.34. The summed E-state index contributed by atoms with van der Waals surface area (Å²) in [7, 11) is 1.85. The number of pyridine rings is 1. The Morgan fingerprint density at radius 3 is 2.66 bits per heavy atom. The van der Waals surface area contributed by atoms with E-state index in [2.05, 4.69) is 30.6 Å². The van der Waals surface area contributed by atoms with Crippen molar-refractivity contribution in [2.75, 3.05) is 5.32 Å². The standard InChI is InChI=1S/C20H24N8O/c1-13(29-20(2,3)4)18-26-25-17-12-14(8-11-28(17)18)15-6-9-21-19(23-15)24-16-7-10-22-27(16)5/h6-13H,1-5H3,(H,21,23,24)/t13-/m1/s1. The van der Waals surface area contributed by atoms with Crippen LogP contribution in [0.15, 0.2) is 42.9 Å². The average Bonchev–Trinajstić information content (AvgIpc) is 3.26. The summed E-state index contributed by atoms with van der Waals surface area (Å²) < 4.78 is 9.68. The van der Waals surface area contributed by atoms with Crippen molar-refractivity contribution in [1.29, 1.82) is 0 Å². The molecule has 4 rings (SSSR count). The van der Waals surface area contributed by atoms with Crippen LogP contribution in [0, 0.1) is 0 Å². The molecule has 1 atom stereocenters. The van der Waals surface area contributed by atoms with Gasteiger partial charge in [-0.2, -0.15) is 5.10 Å². The van der Waals surface area contributed by atoms with E-state index in [1.165, 1.54) is 0 Å². The highest BCUT2D eigenvalue weighted by Crippen LogP contribution is 2.25. The van der Waals surface area contributed by atoms with Crippen LogP contribution in [0.4, 0.5) is 11.8 Å². The van der Waals surface area contributed by atoms with Gasteiger partial charge in [0.2, 0.25) is 5.95 Å². The second kappa shape index (κ2) is 7.25. The van der Waals surface area contributed by atoms with E-state index >= 15 is 0 Å². The van der Waals surface area contributed by atoms with Crippen molar-refractivity contribution in [3.8, 4) is 11.3 Å². The molecule has 1 N–H and O–H groups in total. The van der Waals surface area contributed by atoms with Gasteiger partial charge in [-0.1, -0.05) is 0 Å². The van der Waals surface area contributed by atoms with Gasteiger partial charge in [-0.25, -0.2) is 9.97 Å². The molecule has 0 bridgehead atoms. The zero-order valence-corrected chi connectivity index (χ0v) is 17.2. The van der Waals surface area contributed by atoms with Gasteiger partial charge in [-0.05, 0) is 45.9 Å². The summed E-state index contributed by atoms with van der Waals surface area (Å²) in [4.78, 5) is 8.90. The number of anilines is 2. The maximum Gasteiger partial charge on any atom is 0.228 e. The van der Waals surface area contributed by atoms with Crippen LogP contribution >= 0.6 is 0 Å². The number of ether oxygens (including phenoxy) is 1. The van der Waals surface area contributed by atoms with Gasteiger partial charge in [0.25, 0.3) is 0 Å². The maximum absolute atomic E-state index is 6.02. The van der Waals surface area contributed by atoms with Crippen LogP contribution in [0.1, 0.15) is 39.6 Å². The second-order valence-electron chi connectivity index (χ2n) is 7.80. The minimum Gasteiger partial charge on any atom is -0.365 e. The first-order valence-corrected chi connectivity index (χ1v) is 9.41. The highest BCUT2D eigenvalue weighted by molar-refractivity contribution is 5.65. The highest BCUT2D eigenvalue weighted by atomic mass is 16.5. The molecule has 0 aliphatic heterocycles. The zero-order valence-electron chi connectivity index (χ0n) is 17.2. The Morgan fingerprint density at radius 1 is 1.10 bits per heavy atom. The van der Waals surface area contributed by atoms with Gasteiger partial charge in [0.15, 0.2) is 11.5 Å². The molecule has 4 heterocycles. The predicted molar refractivity (Wildman–Crippen MR) is 110 cm³/mol. The Labute approximate surface area is 168 Å². The number of nitrogens with one attached hydrogen (secondary N) is 1. The Kier molecular flexibility index (Phi) is 4.75. The molecule has 4 aromatic heterocycles. The molecule has 9 heteroatoms. The fourth-order valence-corrected chi connectivity index (χ4v) is 3.12. The molecule has 0 aliphatic rings. The largest absolute Gasteiger partial charge is 0.365 e. The van der Waals surface area contributed by atoms with Crippen molar-refractivity contribution in [2.45, 2.75) is 39.4 Å². The molecule has 0 saturated heterocycles. The lowest BCUT2D eigenvalue weighted by atomic mass is 10.2. The molecule has 0 spiro atoms. The van der Waals surface area contributed by atoms with Crippen LogP contribution in [0.25, 0.3) is 16.9 Å². The number of rotatable bonds is 5. The Morgan fingerprint density at radius 2 is 1.93 bits per heavy atom. The lowest BCUT2D eigenvalue weighted by molar-refractivity contribution is -0.0570. The summed E-state index contributed by atoms with van der Waals surface area (Å²) in [6, 6.07) is 7.67. The number of aryl methyl sites for hydroxylation is 1. The van der Waals surface area contributed by atoms with E-state index in [1.807, 2.05) is 69.6 Å². The van der Waals surface area contributed by atoms with Crippen LogP contribution < -0.4 is 5.32 Å². The molecule has 0 saturated carbocycles. The normalized spacial score (nSPS) is 13.0. The predicted octanol–water partition coefficient (Wildman–Crippen LogP) is 3.54. The minimum absolute atomic E-state index is 0.176. The molecular weight excluding hydrogens is 368 g/mol. The fraction of sp³-hybridized carbons (Fsp3) is 0.350. The van der Waals surface area contributed by atoms with Crippen molar-refractivity contribution < 1.29 is 4.74 Å². The van der Waals surface area contributed by atoms with Crippen molar-refractivity contribution in [2.24, 2.45) is 7.05 Å². The van der Waals surface area contributed by atoms with Crippen molar-refractivity contribution in [1.82, 2.24) is 34.3 Å². The topological polar surface area (TPSA) is 95.0 Å². The highest BCUT2D eigenvalue weighted by Gasteiger charge is 2.21. The fourth-order valence-electron chi connectivity index (χ4n) is 3.12. The van der Waals surface area contributed by atoms with Crippen LogP contribution in [0.2, 0.25) is 0 Å². The molecule has 0 unspecified atom stereocenters. The molecule has 0 radical (unpaired) electrons. The third-order valence-corrected chi connectivity index (χ3v) is 4.34. The summed E-state index contributed by atoms with van der Waals surface area (Å²) in [5, 5.41) is 15.9. The van der Waals surface area contributed by atoms with E-state index in [9.17, 15) is 0 Å². The third kappa shape index (κ3) is 4.09. The van der Waals surface area contributed by atoms with Crippen LogP contribution in [-0.2, 0) is 11.8 Å². The van der Waals surface area contributed by atoms with Gasteiger partial charge in [0, 0.05) is 31.1 Å². The van der Waals surface area contributed by atoms with E-state index in [4.69, 9.17) is 4.74 Å². The summed E-state index contributed by atoms with van der Waals surface area (Å²) in [5.74, 6) is 2.08. The molecule has 4 aromatic rings. The lowest BCUT2D eigenvalue weighted by Crippen LogP contribution is -2.22. The SMILES string of the molecule is C[C@@H](OC(C)(C)C)c1nnc2cc(-c3ccnc(Nc4ccnn4C)n3)ccn12.